The second-order valence-corrected chi connectivity index (χ2v) is 8.02. The average Bonchev–Trinajstić information content (AvgIpc) is 2.75. The average molecular weight is 308 g/mol. The fourth-order valence-electron chi connectivity index (χ4n) is 5.04. The molecule has 0 aromatic rings. The summed E-state index contributed by atoms with van der Waals surface area (Å²) in [4.78, 5) is 15.1. The van der Waals surface area contributed by atoms with Gasteiger partial charge < -0.3 is 10.4 Å². The molecule has 0 radical (unpaired) electrons. The zero-order valence-electron chi connectivity index (χ0n) is 14.3. The highest BCUT2D eigenvalue weighted by Crippen LogP contribution is 2.37. The maximum Gasteiger partial charge on any atom is 0.237 e. The quantitative estimate of drug-likeness (QED) is 0.841. The zero-order valence-corrected chi connectivity index (χ0v) is 14.3. The highest BCUT2D eigenvalue weighted by molar-refractivity contribution is 5.81. The van der Waals surface area contributed by atoms with E-state index < -0.39 is 0 Å². The molecule has 1 amide bonds. The van der Waals surface area contributed by atoms with E-state index in [1.165, 1.54) is 12.8 Å². The van der Waals surface area contributed by atoms with Crippen LogP contribution in [0.25, 0.3) is 0 Å². The fraction of sp³-hybridized carbons (Fsp3) is 0.944. The lowest BCUT2D eigenvalue weighted by atomic mass is 9.78. The summed E-state index contributed by atoms with van der Waals surface area (Å²) in [5.41, 5.74) is 0. The number of carbonyl (C=O) groups is 1. The molecule has 0 unspecified atom stereocenters. The highest BCUT2D eigenvalue weighted by Gasteiger charge is 2.44. The van der Waals surface area contributed by atoms with Gasteiger partial charge in [-0.1, -0.05) is 26.7 Å². The third-order valence-corrected chi connectivity index (χ3v) is 6.63. The van der Waals surface area contributed by atoms with Crippen LogP contribution in [0.2, 0.25) is 0 Å². The van der Waals surface area contributed by atoms with E-state index in [2.05, 4.69) is 31.0 Å². The number of nitrogens with one attached hydrogen (secondary N) is 1. The molecular weight excluding hydrogens is 276 g/mol. The molecule has 1 saturated carbocycles. The summed E-state index contributed by atoms with van der Waals surface area (Å²) in [5.74, 6) is 1.47. The van der Waals surface area contributed by atoms with E-state index in [1.54, 1.807) is 0 Å². The Morgan fingerprint density at radius 2 is 1.77 bits per heavy atom. The van der Waals surface area contributed by atoms with Gasteiger partial charge in [0.05, 0.1) is 12.1 Å². The predicted octanol–water partition coefficient (Wildman–Crippen LogP) is 2.30. The number of hydrogen-bond acceptors (Lipinski definition) is 3. The van der Waals surface area contributed by atoms with E-state index in [1.807, 2.05) is 0 Å². The van der Waals surface area contributed by atoms with Crippen molar-refractivity contribution in [3.05, 3.63) is 0 Å². The molecule has 126 valence electrons. The van der Waals surface area contributed by atoms with Crippen molar-refractivity contribution in [1.82, 2.24) is 10.2 Å². The summed E-state index contributed by atoms with van der Waals surface area (Å²) < 4.78 is 0. The van der Waals surface area contributed by atoms with E-state index in [9.17, 15) is 9.90 Å². The molecule has 2 saturated heterocycles. The molecule has 1 aliphatic carbocycles. The highest BCUT2D eigenvalue weighted by atomic mass is 16.3. The molecule has 0 spiro atoms. The van der Waals surface area contributed by atoms with Gasteiger partial charge in [0.2, 0.25) is 5.91 Å². The fourth-order valence-corrected chi connectivity index (χ4v) is 5.04. The van der Waals surface area contributed by atoms with E-state index >= 15 is 0 Å². The molecule has 22 heavy (non-hydrogen) atoms. The molecule has 0 aromatic carbocycles. The van der Waals surface area contributed by atoms with Crippen LogP contribution in [0.15, 0.2) is 0 Å². The Labute approximate surface area is 134 Å². The standard InChI is InChI=1S/C18H32N2O2/c1-11-5-4-6-17(12(11)2)19-18(22)13(3)20-14-7-8-15(20)10-16(21)9-14/h11-17,21H,4-10H2,1-3H3,(H,19,22)/t11-,12+,13+,14+,15+,17+/m1/s1. The van der Waals surface area contributed by atoms with E-state index in [0.29, 0.717) is 30.0 Å². The van der Waals surface area contributed by atoms with Crippen molar-refractivity contribution < 1.29 is 9.90 Å². The van der Waals surface area contributed by atoms with Gasteiger partial charge in [-0.05, 0) is 50.9 Å². The van der Waals surface area contributed by atoms with Crippen LogP contribution >= 0.6 is 0 Å². The lowest BCUT2D eigenvalue weighted by Gasteiger charge is -2.41. The van der Waals surface area contributed by atoms with Crippen LogP contribution in [-0.2, 0) is 4.79 Å². The van der Waals surface area contributed by atoms with Crippen molar-refractivity contribution in [3.63, 3.8) is 0 Å². The summed E-state index contributed by atoms with van der Waals surface area (Å²) >= 11 is 0. The normalized spacial score (nSPS) is 43.8. The first-order valence-electron chi connectivity index (χ1n) is 9.23. The smallest absolute Gasteiger partial charge is 0.237 e. The molecule has 3 aliphatic rings. The maximum atomic E-state index is 12.7. The Morgan fingerprint density at radius 1 is 1.14 bits per heavy atom. The molecule has 3 rings (SSSR count). The Hall–Kier alpha value is -0.610. The van der Waals surface area contributed by atoms with Gasteiger partial charge in [0.25, 0.3) is 0 Å². The Balaban J connectivity index is 1.60. The third-order valence-electron chi connectivity index (χ3n) is 6.63. The predicted molar refractivity (Wildman–Crippen MR) is 87.5 cm³/mol. The molecule has 0 aromatic heterocycles. The van der Waals surface area contributed by atoms with Gasteiger partial charge >= 0.3 is 0 Å². The first-order chi connectivity index (χ1) is 10.5. The molecular formula is C18H32N2O2. The Bertz CT molecular complexity index is 400. The summed E-state index contributed by atoms with van der Waals surface area (Å²) in [6.45, 7) is 6.63. The molecule has 2 N–H and O–H groups in total. The second-order valence-electron chi connectivity index (χ2n) is 8.02. The number of amides is 1. The van der Waals surface area contributed by atoms with Crippen molar-refractivity contribution in [2.75, 3.05) is 0 Å². The van der Waals surface area contributed by atoms with E-state index in [-0.39, 0.29) is 18.1 Å². The molecule has 3 fully saturated rings. The summed E-state index contributed by atoms with van der Waals surface area (Å²) in [6.07, 6.45) is 7.42. The molecule has 6 atom stereocenters. The SMILES string of the molecule is C[C@H]1[C@H](C)CCC[C@@H]1NC(=O)[C@H](C)N1[C@H]2CC[C@H]1CC(O)C2. The number of rotatable bonds is 3. The van der Waals surface area contributed by atoms with Gasteiger partial charge in [-0.15, -0.1) is 0 Å². The first-order valence-corrected chi connectivity index (χ1v) is 9.23. The zero-order chi connectivity index (χ0) is 15.9. The van der Waals surface area contributed by atoms with Crippen LogP contribution in [0.5, 0.6) is 0 Å². The minimum atomic E-state index is -0.164. The van der Waals surface area contributed by atoms with Gasteiger partial charge in [-0.2, -0.15) is 0 Å². The number of nitrogens with zero attached hydrogens (tertiary/aromatic N) is 1. The van der Waals surface area contributed by atoms with Crippen molar-refractivity contribution in [1.29, 1.82) is 0 Å². The monoisotopic (exact) mass is 308 g/mol. The molecule has 2 bridgehead atoms. The first kappa shape index (κ1) is 16.3. The van der Waals surface area contributed by atoms with Gasteiger partial charge in [0, 0.05) is 18.1 Å². The largest absolute Gasteiger partial charge is 0.393 e. The second kappa shape index (κ2) is 6.48. The molecule has 4 nitrogen and oxygen atoms in total. The Morgan fingerprint density at radius 3 is 2.41 bits per heavy atom. The minimum Gasteiger partial charge on any atom is -0.393 e. The van der Waals surface area contributed by atoms with Crippen molar-refractivity contribution >= 4 is 5.91 Å². The number of hydrogen-bond donors (Lipinski definition) is 2. The van der Waals surface area contributed by atoms with Crippen molar-refractivity contribution in [2.24, 2.45) is 11.8 Å². The Kier molecular flexibility index (Phi) is 4.79. The van der Waals surface area contributed by atoms with Crippen LogP contribution in [0.4, 0.5) is 0 Å². The van der Waals surface area contributed by atoms with Crippen LogP contribution < -0.4 is 5.32 Å². The summed E-state index contributed by atoms with van der Waals surface area (Å²) in [6, 6.07) is 1.08. The number of aliphatic hydroxyl groups excluding tert-OH is 1. The lowest BCUT2D eigenvalue weighted by Crippen LogP contribution is -2.56. The number of fused-ring (bicyclic) bond motifs is 2. The number of piperidine rings is 1. The maximum absolute atomic E-state index is 12.7. The van der Waals surface area contributed by atoms with Crippen molar-refractivity contribution in [3.8, 4) is 0 Å². The van der Waals surface area contributed by atoms with Gasteiger partial charge in [0.15, 0.2) is 0 Å². The van der Waals surface area contributed by atoms with E-state index in [4.69, 9.17) is 0 Å². The molecule has 2 aliphatic heterocycles. The molecule has 2 heterocycles. The van der Waals surface area contributed by atoms with Crippen LogP contribution in [0.1, 0.15) is 65.7 Å². The van der Waals surface area contributed by atoms with Gasteiger partial charge in [-0.25, -0.2) is 0 Å². The van der Waals surface area contributed by atoms with Crippen LogP contribution in [0.3, 0.4) is 0 Å². The van der Waals surface area contributed by atoms with Gasteiger partial charge in [-0.3, -0.25) is 9.69 Å². The minimum absolute atomic E-state index is 0.0607. The summed E-state index contributed by atoms with van der Waals surface area (Å²) in [5, 5.41) is 13.3. The topological polar surface area (TPSA) is 52.6 Å². The number of carbonyl (C=O) groups excluding carboxylic acids is 1. The van der Waals surface area contributed by atoms with Crippen LogP contribution in [0, 0.1) is 11.8 Å². The van der Waals surface area contributed by atoms with E-state index in [0.717, 1.165) is 32.1 Å². The lowest BCUT2D eigenvalue weighted by molar-refractivity contribution is -0.130. The van der Waals surface area contributed by atoms with Crippen LogP contribution in [-0.4, -0.2) is 46.2 Å². The van der Waals surface area contributed by atoms with Crippen molar-refractivity contribution in [2.45, 2.75) is 96.0 Å². The third kappa shape index (κ3) is 3.05. The summed E-state index contributed by atoms with van der Waals surface area (Å²) in [7, 11) is 0. The number of aliphatic hydroxyl groups is 1. The van der Waals surface area contributed by atoms with Gasteiger partial charge in [0.1, 0.15) is 0 Å². The molecule has 4 heteroatoms.